The molecule has 0 saturated carbocycles. The molecule has 0 aliphatic carbocycles. The molecule has 2 aromatic rings. The molecule has 0 fully saturated rings. The van der Waals surface area contributed by atoms with Crippen molar-refractivity contribution in [3.05, 3.63) is 35.4 Å². The summed E-state index contributed by atoms with van der Waals surface area (Å²) in [4.78, 5) is 0. The second-order valence-electron chi connectivity index (χ2n) is 12.8. The first-order valence-electron chi connectivity index (χ1n) is 18.1. The average Bonchev–Trinajstić information content (AvgIpc) is 3.02. The van der Waals surface area contributed by atoms with Crippen LogP contribution in [-0.2, 0) is 5.41 Å². The van der Waals surface area contributed by atoms with Crippen LogP contribution < -0.4 is 18.9 Å². The topological polar surface area (TPSA) is 77.4 Å². The summed E-state index contributed by atoms with van der Waals surface area (Å²) in [7, 11) is 0. The molecule has 0 aliphatic rings. The van der Waals surface area contributed by atoms with Gasteiger partial charge < -0.3 is 29.2 Å². The molecule has 0 amide bonds. The smallest absolute Gasteiger partial charge is 0.203 e. The predicted octanol–water partition coefficient (Wildman–Crippen LogP) is 11.3. The van der Waals surface area contributed by atoms with Gasteiger partial charge in [-0.2, -0.15) is 0 Å². The fourth-order valence-corrected chi connectivity index (χ4v) is 5.61. The SMILES string of the molecule is CCCCCCOc1c(O)ccc(C(C)(C)c2ccc(O)c(OCCCCCC)c2OCCCCCC)c1OCCCCCC. The Labute approximate surface area is 274 Å². The lowest BCUT2D eigenvalue weighted by Gasteiger charge is -2.32. The van der Waals surface area contributed by atoms with Crippen molar-refractivity contribution in [1.29, 1.82) is 0 Å². The number of phenolic OH excluding ortho intramolecular Hbond substituents is 2. The zero-order chi connectivity index (χ0) is 32.9. The lowest BCUT2D eigenvalue weighted by atomic mass is 9.76. The van der Waals surface area contributed by atoms with Crippen molar-refractivity contribution >= 4 is 0 Å². The monoisotopic (exact) mass is 628 g/mol. The van der Waals surface area contributed by atoms with Crippen molar-refractivity contribution in [2.24, 2.45) is 0 Å². The fraction of sp³-hybridized carbons (Fsp3) is 0.692. The fourth-order valence-electron chi connectivity index (χ4n) is 5.61. The summed E-state index contributed by atoms with van der Waals surface area (Å²) in [6.07, 6.45) is 17.3. The molecule has 0 bridgehead atoms. The minimum atomic E-state index is -0.625. The second kappa shape index (κ2) is 21.9. The van der Waals surface area contributed by atoms with Crippen molar-refractivity contribution < 1.29 is 29.2 Å². The Morgan fingerprint density at radius 1 is 0.422 bits per heavy atom. The molecule has 6 nitrogen and oxygen atoms in total. The van der Waals surface area contributed by atoms with Crippen LogP contribution in [0, 0.1) is 0 Å². The largest absolute Gasteiger partial charge is 0.504 e. The molecule has 6 heteroatoms. The Morgan fingerprint density at radius 3 is 1.00 bits per heavy atom. The molecule has 0 unspecified atom stereocenters. The summed E-state index contributed by atoms with van der Waals surface area (Å²) in [5, 5.41) is 22.0. The standard InChI is InChI=1S/C39H64O6/c1-7-11-15-19-27-42-35-31(23-25-33(40)37(35)44-29-21-17-13-9-3)39(5,6)32-24-26-34(41)38(45-30-22-18-14-10-4)36(32)43-28-20-16-12-8-2/h23-26,40-41H,7-22,27-30H2,1-6H3. The zero-order valence-corrected chi connectivity index (χ0v) is 29.5. The maximum atomic E-state index is 11.0. The lowest BCUT2D eigenvalue weighted by molar-refractivity contribution is 0.240. The highest BCUT2D eigenvalue weighted by Crippen LogP contribution is 2.51. The third-order valence-corrected chi connectivity index (χ3v) is 8.51. The number of ether oxygens (including phenoxy) is 4. The molecule has 0 aliphatic heterocycles. The van der Waals surface area contributed by atoms with Gasteiger partial charge in [-0.05, 0) is 37.8 Å². The summed E-state index contributed by atoms with van der Waals surface area (Å²) in [5.41, 5.74) is 1.17. The van der Waals surface area contributed by atoms with E-state index in [1.807, 2.05) is 12.1 Å². The van der Waals surface area contributed by atoms with Crippen LogP contribution in [0.5, 0.6) is 34.5 Å². The van der Waals surface area contributed by atoms with Crippen LogP contribution in [0.4, 0.5) is 0 Å². The van der Waals surface area contributed by atoms with E-state index < -0.39 is 5.41 Å². The van der Waals surface area contributed by atoms with Gasteiger partial charge in [0.15, 0.2) is 23.0 Å². The Kier molecular flexibility index (Phi) is 18.7. The highest BCUT2D eigenvalue weighted by molar-refractivity contribution is 5.64. The number of hydrogen-bond donors (Lipinski definition) is 2. The van der Waals surface area contributed by atoms with Crippen molar-refractivity contribution in [2.75, 3.05) is 26.4 Å². The van der Waals surface area contributed by atoms with Gasteiger partial charge in [-0.25, -0.2) is 0 Å². The van der Waals surface area contributed by atoms with Gasteiger partial charge in [0.25, 0.3) is 0 Å². The summed E-state index contributed by atoms with van der Waals surface area (Å²) in [6, 6.07) is 7.28. The molecule has 0 aromatic heterocycles. The van der Waals surface area contributed by atoms with Gasteiger partial charge >= 0.3 is 0 Å². The maximum absolute atomic E-state index is 11.0. The van der Waals surface area contributed by atoms with E-state index in [0.717, 1.165) is 114 Å². The highest BCUT2D eigenvalue weighted by Gasteiger charge is 2.35. The number of rotatable bonds is 26. The molecule has 2 aromatic carbocycles. The van der Waals surface area contributed by atoms with Gasteiger partial charge in [-0.1, -0.05) is 131 Å². The molecular weight excluding hydrogens is 564 g/mol. The number of aromatic hydroxyl groups is 2. The molecule has 256 valence electrons. The lowest BCUT2D eigenvalue weighted by Crippen LogP contribution is -2.23. The third kappa shape index (κ3) is 12.5. The molecular formula is C39H64O6. The van der Waals surface area contributed by atoms with Crippen molar-refractivity contribution in [3.8, 4) is 34.5 Å². The molecule has 2 rings (SSSR count). The van der Waals surface area contributed by atoms with E-state index in [4.69, 9.17) is 18.9 Å². The third-order valence-electron chi connectivity index (χ3n) is 8.51. The minimum Gasteiger partial charge on any atom is -0.504 e. The Balaban J connectivity index is 2.54. The van der Waals surface area contributed by atoms with Crippen molar-refractivity contribution in [3.63, 3.8) is 0 Å². The van der Waals surface area contributed by atoms with Gasteiger partial charge in [-0.15, -0.1) is 0 Å². The summed E-state index contributed by atoms with van der Waals surface area (Å²) < 4.78 is 25.5. The molecule has 0 spiro atoms. The quantitative estimate of drug-likeness (QED) is 0.101. The van der Waals surface area contributed by atoms with Crippen LogP contribution in [0.25, 0.3) is 0 Å². The van der Waals surface area contributed by atoms with Gasteiger partial charge in [-0.3, -0.25) is 0 Å². The van der Waals surface area contributed by atoms with Crippen LogP contribution in [-0.4, -0.2) is 36.6 Å². The number of unbranched alkanes of at least 4 members (excludes halogenated alkanes) is 12. The summed E-state index contributed by atoms with van der Waals surface area (Å²) in [6.45, 7) is 15.2. The minimum absolute atomic E-state index is 0.0859. The van der Waals surface area contributed by atoms with E-state index in [1.54, 1.807) is 12.1 Å². The summed E-state index contributed by atoms with van der Waals surface area (Å²) in [5.74, 6) is 2.14. The average molecular weight is 629 g/mol. The molecule has 2 N–H and O–H groups in total. The maximum Gasteiger partial charge on any atom is 0.203 e. The predicted molar refractivity (Wildman–Crippen MR) is 187 cm³/mol. The number of phenols is 2. The summed E-state index contributed by atoms with van der Waals surface area (Å²) >= 11 is 0. The van der Waals surface area contributed by atoms with Gasteiger partial charge in [0, 0.05) is 16.5 Å². The van der Waals surface area contributed by atoms with Crippen molar-refractivity contribution in [1.82, 2.24) is 0 Å². The molecule has 0 saturated heterocycles. The van der Waals surface area contributed by atoms with Crippen LogP contribution in [0.2, 0.25) is 0 Å². The molecule has 0 radical (unpaired) electrons. The van der Waals surface area contributed by atoms with E-state index in [-0.39, 0.29) is 11.5 Å². The Morgan fingerprint density at radius 2 is 0.711 bits per heavy atom. The van der Waals surface area contributed by atoms with E-state index in [1.165, 1.54) is 0 Å². The van der Waals surface area contributed by atoms with Crippen LogP contribution >= 0.6 is 0 Å². The second-order valence-corrected chi connectivity index (χ2v) is 12.8. The molecule has 45 heavy (non-hydrogen) atoms. The van der Waals surface area contributed by atoms with E-state index >= 15 is 0 Å². The number of benzene rings is 2. The van der Waals surface area contributed by atoms with Crippen molar-refractivity contribution in [2.45, 2.75) is 150 Å². The van der Waals surface area contributed by atoms with Gasteiger partial charge in [0.05, 0.1) is 26.4 Å². The van der Waals surface area contributed by atoms with Gasteiger partial charge in [0.2, 0.25) is 11.5 Å². The zero-order valence-electron chi connectivity index (χ0n) is 29.5. The number of hydrogen-bond acceptors (Lipinski definition) is 6. The van der Waals surface area contributed by atoms with Crippen LogP contribution in [0.1, 0.15) is 155 Å². The van der Waals surface area contributed by atoms with Crippen LogP contribution in [0.3, 0.4) is 0 Å². The first kappa shape index (κ1) is 38.4. The van der Waals surface area contributed by atoms with E-state index in [0.29, 0.717) is 49.4 Å². The first-order chi connectivity index (χ1) is 21.8. The van der Waals surface area contributed by atoms with Gasteiger partial charge in [0.1, 0.15) is 0 Å². The first-order valence-corrected chi connectivity index (χ1v) is 18.1. The van der Waals surface area contributed by atoms with Crippen LogP contribution in [0.15, 0.2) is 24.3 Å². The highest BCUT2D eigenvalue weighted by atomic mass is 16.5. The van der Waals surface area contributed by atoms with E-state index in [2.05, 4.69) is 41.5 Å². The van der Waals surface area contributed by atoms with E-state index in [9.17, 15) is 10.2 Å². The Hall–Kier alpha value is -2.76. The molecule has 0 heterocycles. The normalized spacial score (nSPS) is 11.5. The molecule has 0 atom stereocenters. The Bertz CT molecular complexity index is 996.